The molecule has 1 N–H and O–H groups in total. The van der Waals surface area contributed by atoms with Crippen LogP contribution in [0.4, 0.5) is 4.79 Å². The number of hydrogen-bond acceptors (Lipinski definition) is 5. The van der Waals surface area contributed by atoms with Crippen molar-refractivity contribution in [2.75, 3.05) is 33.3 Å². The van der Waals surface area contributed by atoms with Crippen molar-refractivity contribution < 1.29 is 19.1 Å². The summed E-state index contributed by atoms with van der Waals surface area (Å²) in [6, 6.07) is 7.26. The molecule has 24 heavy (non-hydrogen) atoms. The van der Waals surface area contributed by atoms with Gasteiger partial charge in [0.05, 0.1) is 0 Å². The molecule has 2 aliphatic rings. The van der Waals surface area contributed by atoms with E-state index in [1.165, 1.54) is 4.90 Å². The first kappa shape index (κ1) is 16.6. The Morgan fingerprint density at radius 1 is 1.29 bits per heavy atom. The zero-order valence-electron chi connectivity index (χ0n) is 14.2. The second-order valence-corrected chi connectivity index (χ2v) is 6.77. The van der Waals surface area contributed by atoms with E-state index in [1.54, 1.807) is 13.8 Å². The predicted octanol–water partition coefficient (Wildman–Crippen LogP) is 1.09. The zero-order chi connectivity index (χ0) is 17.3. The quantitative estimate of drug-likeness (QED) is 0.817. The summed E-state index contributed by atoms with van der Waals surface area (Å²) in [4.78, 5) is 27.3. The van der Waals surface area contributed by atoms with Gasteiger partial charge in [0, 0.05) is 19.6 Å². The number of rotatable bonds is 5. The maximum atomic E-state index is 12.2. The lowest BCUT2D eigenvalue weighted by atomic mass is 10.1. The van der Waals surface area contributed by atoms with Crippen molar-refractivity contribution in [3.63, 3.8) is 0 Å². The van der Waals surface area contributed by atoms with E-state index in [0.29, 0.717) is 26.2 Å². The molecule has 3 amide bonds. The van der Waals surface area contributed by atoms with E-state index < -0.39 is 5.54 Å². The van der Waals surface area contributed by atoms with Gasteiger partial charge in [-0.05, 0) is 33.0 Å². The summed E-state index contributed by atoms with van der Waals surface area (Å²) in [5.41, 5.74) is -0.820. The maximum absolute atomic E-state index is 12.2. The van der Waals surface area contributed by atoms with Gasteiger partial charge in [0.15, 0.2) is 11.5 Å². The van der Waals surface area contributed by atoms with Crippen molar-refractivity contribution in [3.05, 3.63) is 24.3 Å². The molecule has 7 nitrogen and oxygen atoms in total. The van der Waals surface area contributed by atoms with E-state index in [9.17, 15) is 9.59 Å². The molecule has 0 spiro atoms. The number of hydrogen-bond donors (Lipinski definition) is 1. The van der Waals surface area contributed by atoms with E-state index in [-0.39, 0.29) is 18.0 Å². The Bertz CT molecular complexity index is 646. The molecule has 0 bridgehead atoms. The standard InChI is InChI=1S/C17H23N3O4/c1-17(2)15(21)20(16(22)18-17)9-8-19(3)10-12-11-23-13-6-4-5-7-14(13)24-12/h4-7,12H,8-11H2,1-3H3,(H,18,22)/t12-/m1/s1. The Morgan fingerprint density at radius 2 is 2.00 bits per heavy atom. The van der Waals surface area contributed by atoms with Crippen molar-refractivity contribution in [2.45, 2.75) is 25.5 Å². The number of likely N-dealkylation sites (N-methyl/N-ethyl adjacent to an activating group) is 1. The van der Waals surface area contributed by atoms with E-state index in [0.717, 1.165) is 11.5 Å². The SMILES string of the molecule is CN(CCN1C(=O)NC(C)(C)C1=O)C[C@@H]1COc2ccccc2O1. The molecule has 3 rings (SSSR count). The molecule has 1 aromatic rings. The minimum atomic E-state index is -0.820. The maximum Gasteiger partial charge on any atom is 0.325 e. The predicted molar refractivity (Wildman–Crippen MR) is 88.2 cm³/mol. The summed E-state index contributed by atoms with van der Waals surface area (Å²) in [7, 11) is 1.94. The van der Waals surface area contributed by atoms with E-state index in [1.807, 2.05) is 36.2 Å². The van der Waals surface area contributed by atoms with Crippen LogP contribution in [0.1, 0.15) is 13.8 Å². The molecule has 0 saturated carbocycles. The lowest BCUT2D eigenvalue weighted by Crippen LogP contribution is -2.44. The van der Waals surface area contributed by atoms with Crippen LogP contribution in [-0.2, 0) is 4.79 Å². The summed E-state index contributed by atoms with van der Waals surface area (Å²) in [6.45, 7) is 5.49. The number of ether oxygens (including phenoxy) is 2. The summed E-state index contributed by atoms with van der Waals surface area (Å²) in [6.07, 6.45) is -0.0792. The molecule has 1 saturated heterocycles. The Labute approximate surface area is 141 Å². The Hall–Kier alpha value is -2.28. The highest BCUT2D eigenvalue weighted by Gasteiger charge is 2.43. The van der Waals surface area contributed by atoms with Gasteiger partial charge in [-0.25, -0.2) is 4.79 Å². The summed E-state index contributed by atoms with van der Waals surface area (Å²) >= 11 is 0. The molecular formula is C17H23N3O4. The number of benzene rings is 1. The molecule has 130 valence electrons. The molecule has 2 heterocycles. The first-order valence-electron chi connectivity index (χ1n) is 8.08. The molecule has 0 aromatic heterocycles. The summed E-state index contributed by atoms with van der Waals surface area (Å²) in [5, 5.41) is 2.68. The fourth-order valence-corrected chi connectivity index (χ4v) is 2.88. The topological polar surface area (TPSA) is 71.1 Å². The third kappa shape index (κ3) is 3.31. The van der Waals surface area contributed by atoms with Crippen LogP contribution in [0.25, 0.3) is 0 Å². The fourth-order valence-electron chi connectivity index (χ4n) is 2.88. The zero-order valence-corrected chi connectivity index (χ0v) is 14.2. The molecule has 0 radical (unpaired) electrons. The van der Waals surface area contributed by atoms with E-state index in [2.05, 4.69) is 5.32 Å². The van der Waals surface area contributed by atoms with Gasteiger partial charge in [-0.2, -0.15) is 0 Å². The van der Waals surface area contributed by atoms with Gasteiger partial charge in [-0.1, -0.05) is 12.1 Å². The number of imide groups is 1. The molecule has 1 atom stereocenters. The summed E-state index contributed by atoms with van der Waals surface area (Å²) < 4.78 is 11.6. The van der Waals surface area contributed by atoms with Crippen molar-refractivity contribution in [2.24, 2.45) is 0 Å². The van der Waals surface area contributed by atoms with Gasteiger partial charge in [-0.15, -0.1) is 0 Å². The summed E-state index contributed by atoms with van der Waals surface area (Å²) in [5.74, 6) is 1.32. The third-order valence-corrected chi connectivity index (χ3v) is 4.23. The largest absolute Gasteiger partial charge is 0.486 e. The lowest BCUT2D eigenvalue weighted by molar-refractivity contribution is -0.130. The van der Waals surface area contributed by atoms with Crippen molar-refractivity contribution in [1.82, 2.24) is 15.1 Å². The first-order chi connectivity index (χ1) is 11.4. The molecule has 1 aromatic carbocycles. The van der Waals surface area contributed by atoms with Crippen LogP contribution in [0.3, 0.4) is 0 Å². The van der Waals surface area contributed by atoms with Crippen molar-refractivity contribution in [3.8, 4) is 11.5 Å². The second-order valence-electron chi connectivity index (χ2n) is 6.77. The van der Waals surface area contributed by atoms with Gasteiger partial charge in [0.25, 0.3) is 5.91 Å². The van der Waals surface area contributed by atoms with Crippen LogP contribution >= 0.6 is 0 Å². The van der Waals surface area contributed by atoms with Crippen LogP contribution in [0.15, 0.2) is 24.3 Å². The molecule has 1 fully saturated rings. The fraction of sp³-hybridized carbons (Fsp3) is 0.529. The van der Waals surface area contributed by atoms with Crippen LogP contribution < -0.4 is 14.8 Å². The normalized spacial score (nSPS) is 22.0. The van der Waals surface area contributed by atoms with Crippen molar-refractivity contribution >= 4 is 11.9 Å². The number of amides is 3. The van der Waals surface area contributed by atoms with Gasteiger partial charge in [0.2, 0.25) is 0 Å². The molecular weight excluding hydrogens is 310 g/mol. The highest BCUT2D eigenvalue weighted by atomic mass is 16.6. The van der Waals surface area contributed by atoms with E-state index >= 15 is 0 Å². The number of carbonyl (C=O) groups excluding carboxylic acids is 2. The Balaban J connectivity index is 1.49. The van der Waals surface area contributed by atoms with Gasteiger partial charge < -0.3 is 19.7 Å². The number of para-hydroxylation sites is 2. The average molecular weight is 333 g/mol. The monoisotopic (exact) mass is 333 g/mol. The molecule has 2 aliphatic heterocycles. The van der Waals surface area contributed by atoms with Crippen LogP contribution in [0.5, 0.6) is 11.5 Å². The molecule has 0 aliphatic carbocycles. The van der Waals surface area contributed by atoms with Gasteiger partial charge in [-0.3, -0.25) is 9.69 Å². The molecule has 0 unspecified atom stereocenters. The van der Waals surface area contributed by atoms with Crippen LogP contribution in [0.2, 0.25) is 0 Å². The Morgan fingerprint density at radius 3 is 2.67 bits per heavy atom. The van der Waals surface area contributed by atoms with Crippen molar-refractivity contribution in [1.29, 1.82) is 0 Å². The number of urea groups is 1. The van der Waals surface area contributed by atoms with Crippen LogP contribution in [-0.4, -0.2) is 66.7 Å². The third-order valence-electron chi connectivity index (χ3n) is 4.23. The number of nitrogens with one attached hydrogen (secondary N) is 1. The Kier molecular flexibility index (Phi) is 4.36. The minimum absolute atomic E-state index is 0.0792. The average Bonchev–Trinajstić information content (AvgIpc) is 2.73. The van der Waals surface area contributed by atoms with Gasteiger partial charge in [0.1, 0.15) is 18.2 Å². The lowest BCUT2D eigenvalue weighted by Gasteiger charge is -2.30. The second kappa shape index (κ2) is 6.32. The number of fused-ring (bicyclic) bond motifs is 1. The number of nitrogens with zero attached hydrogens (tertiary/aromatic N) is 2. The highest BCUT2D eigenvalue weighted by Crippen LogP contribution is 2.30. The smallest absolute Gasteiger partial charge is 0.325 e. The minimum Gasteiger partial charge on any atom is -0.486 e. The highest BCUT2D eigenvalue weighted by molar-refractivity contribution is 6.06. The van der Waals surface area contributed by atoms with E-state index in [4.69, 9.17) is 9.47 Å². The first-order valence-corrected chi connectivity index (χ1v) is 8.08. The van der Waals surface area contributed by atoms with Gasteiger partial charge >= 0.3 is 6.03 Å². The van der Waals surface area contributed by atoms with Crippen LogP contribution in [0, 0.1) is 0 Å². The number of carbonyl (C=O) groups is 2. The molecule has 7 heteroatoms.